The smallest absolute Gasteiger partial charge is 0.216 e. The molecule has 2 heterocycles. The van der Waals surface area contributed by atoms with Gasteiger partial charge in [-0.3, -0.25) is 0 Å². The predicted octanol–water partition coefficient (Wildman–Crippen LogP) is 1.34. The average Bonchev–Trinajstić information content (AvgIpc) is 2.67. The van der Waals surface area contributed by atoms with Gasteiger partial charge >= 0.3 is 0 Å². The number of aryl methyl sites for hydroxylation is 1. The van der Waals surface area contributed by atoms with E-state index < -0.39 is 0 Å². The summed E-state index contributed by atoms with van der Waals surface area (Å²) in [6.45, 7) is 3.37. The maximum absolute atomic E-state index is 5.49. The highest BCUT2D eigenvalue weighted by Crippen LogP contribution is 2.14. The molecule has 0 bridgehead atoms. The molecule has 1 aliphatic heterocycles. The molecule has 1 aromatic heterocycles. The fraction of sp³-hybridized carbons (Fsp3) is 0.600. The maximum Gasteiger partial charge on any atom is 0.216 e. The quantitative estimate of drug-likeness (QED) is 0.728. The minimum atomic E-state index is 0.241. The lowest BCUT2D eigenvalue weighted by Gasteiger charge is -2.10. The number of hydrogen-bond donors (Lipinski definition) is 0. The largest absolute Gasteiger partial charge is 0.475 e. The zero-order chi connectivity index (χ0) is 9.80. The lowest BCUT2D eigenvalue weighted by molar-refractivity contribution is 0.0662. The van der Waals surface area contributed by atoms with Crippen LogP contribution in [0.4, 0.5) is 0 Å². The molecular formula is C10H14N2O2. The second kappa shape index (κ2) is 4.37. The van der Waals surface area contributed by atoms with E-state index in [0.717, 1.165) is 25.1 Å². The van der Waals surface area contributed by atoms with E-state index in [0.29, 0.717) is 12.5 Å². The minimum absolute atomic E-state index is 0.241. The molecule has 0 aliphatic carbocycles. The van der Waals surface area contributed by atoms with E-state index in [1.807, 2.05) is 13.0 Å². The Labute approximate surface area is 83.3 Å². The minimum Gasteiger partial charge on any atom is -0.475 e. The van der Waals surface area contributed by atoms with Crippen molar-refractivity contribution < 1.29 is 9.47 Å². The van der Waals surface area contributed by atoms with Crippen LogP contribution in [0, 0.1) is 6.92 Å². The van der Waals surface area contributed by atoms with Gasteiger partial charge in [-0.25, -0.2) is 9.97 Å². The van der Waals surface area contributed by atoms with Crippen molar-refractivity contribution in [2.24, 2.45) is 0 Å². The van der Waals surface area contributed by atoms with Gasteiger partial charge in [0.15, 0.2) is 0 Å². The van der Waals surface area contributed by atoms with E-state index in [1.54, 1.807) is 0 Å². The molecule has 0 saturated carbocycles. The summed E-state index contributed by atoms with van der Waals surface area (Å²) in [7, 11) is 0. The standard InChI is InChI=1S/C10H14N2O2/c1-8-5-10(12-7-11-8)14-6-9-3-2-4-13-9/h5,7,9H,2-4,6H2,1H3. The Bertz CT molecular complexity index is 298. The first-order chi connectivity index (χ1) is 6.84. The lowest BCUT2D eigenvalue weighted by atomic mass is 10.2. The second-order valence-electron chi connectivity index (χ2n) is 3.44. The normalized spacial score (nSPS) is 21.1. The topological polar surface area (TPSA) is 44.2 Å². The van der Waals surface area contributed by atoms with Crippen molar-refractivity contribution >= 4 is 0 Å². The van der Waals surface area contributed by atoms with Crippen LogP contribution < -0.4 is 4.74 Å². The molecule has 1 aromatic rings. The summed E-state index contributed by atoms with van der Waals surface area (Å²) in [4.78, 5) is 8.01. The van der Waals surface area contributed by atoms with Gasteiger partial charge in [0.1, 0.15) is 12.9 Å². The predicted molar refractivity (Wildman–Crippen MR) is 51.2 cm³/mol. The number of nitrogens with zero attached hydrogens (tertiary/aromatic N) is 2. The van der Waals surface area contributed by atoms with Gasteiger partial charge in [0.25, 0.3) is 0 Å². The molecule has 1 atom stereocenters. The molecule has 1 unspecified atom stereocenters. The Kier molecular flexibility index (Phi) is 2.93. The molecule has 0 aromatic carbocycles. The highest BCUT2D eigenvalue weighted by molar-refractivity contribution is 5.11. The molecule has 76 valence electrons. The average molecular weight is 194 g/mol. The van der Waals surface area contributed by atoms with Gasteiger partial charge in [0.2, 0.25) is 5.88 Å². The molecule has 2 rings (SSSR count). The Morgan fingerprint density at radius 2 is 2.50 bits per heavy atom. The molecule has 4 heteroatoms. The monoisotopic (exact) mass is 194 g/mol. The van der Waals surface area contributed by atoms with Crippen LogP contribution in [0.15, 0.2) is 12.4 Å². The first kappa shape index (κ1) is 9.40. The van der Waals surface area contributed by atoms with Crippen molar-refractivity contribution in [3.05, 3.63) is 18.1 Å². The van der Waals surface area contributed by atoms with Crippen LogP contribution in [0.5, 0.6) is 5.88 Å². The second-order valence-corrected chi connectivity index (χ2v) is 3.44. The third-order valence-electron chi connectivity index (χ3n) is 2.22. The summed E-state index contributed by atoms with van der Waals surface area (Å²) in [5, 5.41) is 0. The summed E-state index contributed by atoms with van der Waals surface area (Å²) in [6, 6.07) is 1.83. The summed E-state index contributed by atoms with van der Waals surface area (Å²) < 4.78 is 10.9. The zero-order valence-corrected chi connectivity index (χ0v) is 8.27. The molecule has 0 amide bonds. The summed E-state index contributed by atoms with van der Waals surface area (Å²) in [5.41, 5.74) is 0.919. The van der Waals surface area contributed by atoms with Gasteiger partial charge in [-0.2, -0.15) is 0 Å². The highest BCUT2D eigenvalue weighted by atomic mass is 16.5. The van der Waals surface area contributed by atoms with Crippen LogP contribution >= 0.6 is 0 Å². The van der Waals surface area contributed by atoms with Gasteiger partial charge < -0.3 is 9.47 Å². The zero-order valence-electron chi connectivity index (χ0n) is 8.27. The Balaban J connectivity index is 1.85. The van der Waals surface area contributed by atoms with Gasteiger partial charge in [-0.15, -0.1) is 0 Å². The van der Waals surface area contributed by atoms with Crippen LogP contribution in [-0.2, 0) is 4.74 Å². The van der Waals surface area contributed by atoms with Crippen molar-refractivity contribution in [3.8, 4) is 5.88 Å². The van der Waals surface area contributed by atoms with Crippen LogP contribution in [0.2, 0.25) is 0 Å². The van der Waals surface area contributed by atoms with E-state index in [2.05, 4.69) is 9.97 Å². The van der Waals surface area contributed by atoms with Crippen molar-refractivity contribution in [1.29, 1.82) is 0 Å². The summed E-state index contributed by atoms with van der Waals surface area (Å²) in [5.74, 6) is 0.632. The Morgan fingerprint density at radius 3 is 3.21 bits per heavy atom. The fourth-order valence-electron chi connectivity index (χ4n) is 1.46. The lowest BCUT2D eigenvalue weighted by Crippen LogP contribution is -2.16. The molecule has 1 fully saturated rings. The third kappa shape index (κ3) is 2.42. The van der Waals surface area contributed by atoms with Crippen LogP contribution in [0.3, 0.4) is 0 Å². The van der Waals surface area contributed by atoms with Crippen molar-refractivity contribution in [2.75, 3.05) is 13.2 Å². The van der Waals surface area contributed by atoms with E-state index in [1.165, 1.54) is 6.33 Å². The van der Waals surface area contributed by atoms with Crippen LogP contribution in [0.25, 0.3) is 0 Å². The molecule has 0 N–H and O–H groups in total. The van der Waals surface area contributed by atoms with Crippen molar-refractivity contribution in [2.45, 2.75) is 25.9 Å². The molecular weight excluding hydrogens is 180 g/mol. The summed E-state index contributed by atoms with van der Waals surface area (Å²) in [6.07, 6.45) is 3.98. The van der Waals surface area contributed by atoms with Gasteiger partial charge in [0.05, 0.1) is 6.10 Å². The van der Waals surface area contributed by atoms with Crippen molar-refractivity contribution in [1.82, 2.24) is 9.97 Å². The number of rotatable bonds is 3. The first-order valence-electron chi connectivity index (χ1n) is 4.87. The fourth-order valence-corrected chi connectivity index (χ4v) is 1.46. The molecule has 4 nitrogen and oxygen atoms in total. The van der Waals surface area contributed by atoms with Gasteiger partial charge in [0, 0.05) is 18.4 Å². The number of aromatic nitrogens is 2. The Morgan fingerprint density at radius 1 is 1.57 bits per heavy atom. The van der Waals surface area contributed by atoms with E-state index in [4.69, 9.17) is 9.47 Å². The highest BCUT2D eigenvalue weighted by Gasteiger charge is 2.16. The van der Waals surface area contributed by atoms with Gasteiger partial charge in [-0.1, -0.05) is 0 Å². The molecule has 1 saturated heterocycles. The van der Waals surface area contributed by atoms with E-state index in [9.17, 15) is 0 Å². The third-order valence-corrected chi connectivity index (χ3v) is 2.22. The van der Waals surface area contributed by atoms with Gasteiger partial charge in [-0.05, 0) is 19.8 Å². The van der Waals surface area contributed by atoms with Crippen LogP contribution in [-0.4, -0.2) is 29.3 Å². The molecule has 0 spiro atoms. The molecule has 1 aliphatic rings. The van der Waals surface area contributed by atoms with Crippen molar-refractivity contribution in [3.63, 3.8) is 0 Å². The SMILES string of the molecule is Cc1cc(OCC2CCCO2)ncn1. The summed E-state index contributed by atoms with van der Waals surface area (Å²) >= 11 is 0. The maximum atomic E-state index is 5.49. The molecule has 0 radical (unpaired) electrons. The van der Waals surface area contributed by atoms with E-state index in [-0.39, 0.29) is 6.10 Å². The molecule has 14 heavy (non-hydrogen) atoms. The Hall–Kier alpha value is -1.16. The van der Waals surface area contributed by atoms with Crippen LogP contribution in [0.1, 0.15) is 18.5 Å². The number of hydrogen-bond acceptors (Lipinski definition) is 4. The number of ether oxygens (including phenoxy) is 2. The van der Waals surface area contributed by atoms with E-state index >= 15 is 0 Å². The first-order valence-corrected chi connectivity index (χ1v) is 4.87.